The highest BCUT2D eigenvalue weighted by Crippen LogP contribution is 2.31. The van der Waals surface area contributed by atoms with Gasteiger partial charge in [0.1, 0.15) is 0 Å². The summed E-state index contributed by atoms with van der Waals surface area (Å²) < 4.78 is 0. The zero-order chi connectivity index (χ0) is 14.9. The number of hydrogen-bond donors (Lipinski definition) is 0. The molecule has 2 rings (SSSR count). The average molecular weight is 309 g/mol. The molecule has 3 nitrogen and oxygen atoms in total. The van der Waals surface area contributed by atoms with Gasteiger partial charge in [-0.15, -0.1) is 0 Å². The third kappa shape index (κ3) is 3.02. The van der Waals surface area contributed by atoms with Crippen LogP contribution in [0.5, 0.6) is 0 Å². The number of thiazole rings is 1. The van der Waals surface area contributed by atoms with Crippen molar-refractivity contribution in [2.24, 2.45) is 0 Å². The summed E-state index contributed by atoms with van der Waals surface area (Å²) in [6.45, 7) is 5.55. The first-order valence-corrected chi connectivity index (χ1v) is 7.56. The van der Waals surface area contributed by atoms with E-state index < -0.39 is 0 Å². The second-order valence-corrected chi connectivity index (χ2v) is 6.22. The van der Waals surface area contributed by atoms with E-state index in [-0.39, 0.29) is 11.8 Å². The van der Waals surface area contributed by atoms with Gasteiger partial charge in [-0.3, -0.25) is 4.79 Å². The van der Waals surface area contributed by atoms with Crippen molar-refractivity contribution in [2.75, 3.05) is 11.9 Å². The Hall–Kier alpha value is -1.39. The van der Waals surface area contributed by atoms with Crippen molar-refractivity contribution in [3.8, 4) is 0 Å². The molecule has 0 N–H and O–H groups in total. The molecule has 0 saturated carbocycles. The van der Waals surface area contributed by atoms with Crippen LogP contribution in [0, 0.1) is 6.92 Å². The van der Waals surface area contributed by atoms with Gasteiger partial charge >= 0.3 is 0 Å². The van der Waals surface area contributed by atoms with Gasteiger partial charge in [-0.1, -0.05) is 35.1 Å². The van der Waals surface area contributed by atoms with Crippen LogP contribution in [0.2, 0.25) is 5.02 Å². The summed E-state index contributed by atoms with van der Waals surface area (Å²) in [4.78, 5) is 18.8. The molecule has 0 bridgehead atoms. The molecule has 0 saturated heterocycles. The summed E-state index contributed by atoms with van der Waals surface area (Å²) in [5.41, 5.74) is 1.96. The molecule has 2 aromatic rings. The zero-order valence-corrected chi connectivity index (χ0v) is 13.5. The summed E-state index contributed by atoms with van der Waals surface area (Å²) in [5.74, 6) is 0.0683. The molecular weight excluding hydrogens is 292 g/mol. The smallest absolute Gasteiger partial charge is 0.186 e. The fourth-order valence-electron chi connectivity index (χ4n) is 1.99. The minimum atomic E-state index is 0.0683. The molecular formula is C15H17ClN2OS. The maximum Gasteiger partial charge on any atom is 0.186 e. The van der Waals surface area contributed by atoms with Gasteiger partial charge < -0.3 is 4.90 Å². The molecule has 1 unspecified atom stereocenters. The first kappa shape index (κ1) is 15.0. The Labute approximate surface area is 128 Å². The second kappa shape index (κ2) is 5.94. The highest BCUT2D eigenvalue weighted by Gasteiger charge is 2.18. The number of aryl methyl sites for hydroxylation is 1. The Kier molecular flexibility index (Phi) is 4.45. The number of anilines is 1. The molecule has 0 aliphatic rings. The summed E-state index contributed by atoms with van der Waals surface area (Å²) in [5, 5.41) is 1.59. The van der Waals surface area contributed by atoms with E-state index in [0.29, 0.717) is 0 Å². The van der Waals surface area contributed by atoms with Crippen LogP contribution >= 0.6 is 22.9 Å². The lowest BCUT2D eigenvalue weighted by Gasteiger charge is -2.24. The molecule has 0 aliphatic heterocycles. The minimum absolute atomic E-state index is 0.0683. The van der Waals surface area contributed by atoms with Gasteiger partial charge in [0.2, 0.25) is 0 Å². The van der Waals surface area contributed by atoms with Crippen LogP contribution in [0.25, 0.3) is 0 Å². The van der Waals surface area contributed by atoms with Crippen LogP contribution in [-0.4, -0.2) is 17.8 Å². The maximum atomic E-state index is 11.5. The predicted octanol–water partition coefficient (Wildman–Crippen LogP) is 4.50. The van der Waals surface area contributed by atoms with Crippen LogP contribution in [0.3, 0.4) is 0 Å². The first-order chi connectivity index (χ1) is 9.40. The van der Waals surface area contributed by atoms with E-state index in [2.05, 4.69) is 16.8 Å². The molecule has 0 radical (unpaired) electrons. The van der Waals surface area contributed by atoms with Crippen molar-refractivity contribution in [1.82, 2.24) is 4.98 Å². The van der Waals surface area contributed by atoms with Gasteiger partial charge in [0.05, 0.1) is 16.6 Å². The molecule has 1 heterocycles. The van der Waals surface area contributed by atoms with E-state index in [9.17, 15) is 4.79 Å². The van der Waals surface area contributed by atoms with Gasteiger partial charge in [0, 0.05) is 19.0 Å². The topological polar surface area (TPSA) is 33.2 Å². The Bertz CT molecular complexity index is 621. The Morgan fingerprint density at radius 2 is 1.95 bits per heavy atom. The average Bonchev–Trinajstić information content (AvgIpc) is 2.80. The van der Waals surface area contributed by atoms with Crippen LogP contribution in [0.15, 0.2) is 24.3 Å². The van der Waals surface area contributed by atoms with E-state index in [1.807, 2.05) is 38.2 Å². The first-order valence-electron chi connectivity index (χ1n) is 6.36. The maximum absolute atomic E-state index is 11.5. The van der Waals surface area contributed by atoms with Crippen LogP contribution < -0.4 is 4.90 Å². The number of ketones is 1. The van der Waals surface area contributed by atoms with Crippen molar-refractivity contribution in [2.45, 2.75) is 26.8 Å². The standard InChI is InChI=1S/C15H17ClN2OS/c1-9-14(11(3)19)20-15(17-9)18(4)10(2)12-5-7-13(16)8-6-12/h5-8,10H,1-4H3. The van der Waals surface area contributed by atoms with Gasteiger partial charge in [-0.2, -0.15) is 0 Å². The molecule has 20 heavy (non-hydrogen) atoms. The summed E-state index contributed by atoms with van der Waals surface area (Å²) in [7, 11) is 1.99. The molecule has 0 amide bonds. The lowest BCUT2D eigenvalue weighted by molar-refractivity contribution is 0.102. The molecule has 5 heteroatoms. The third-order valence-electron chi connectivity index (χ3n) is 3.34. The largest absolute Gasteiger partial charge is 0.344 e. The number of carbonyl (C=O) groups excluding carboxylic acids is 1. The number of rotatable bonds is 4. The summed E-state index contributed by atoms with van der Waals surface area (Å²) in [6.07, 6.45) is 0. The Morgan fingerprint density at radius 1 is 1.35 bits per heavy atom. The zero-order valence-electron chi connectivity index (χ0n) is 12.0. The van der Waals surface area contributed by atoms with E-state index in [4.69, 9.17) is 11.6 Å². The Balaban J connectivity index is 2.26. The van der Waals surface area contributed by atoms with Gasteiger partial charge in [-0.05, 0) is 31.5 Å². The highest BCUT2D eigenvalue weighted by molar-refractivity contribution is 7.17. The number of hydrogen-bond acceptors (Lipinski definition) is 4. The SMILES string of the molecule is CC(=O)c1sc(N(C)C(C)c2ccc(Cl)cc2)nc1C. The summed E-state index contributed by atoms with van der Waals surface area (Å²) in [6, 6.07) is 7.95. The predicted molar refractivity (Wildman–Crippen MR) is 85.1 cm³/mol. The number of Topliss-reactive ketones (excluding diaryl/α,β-unsaturated/α-hetero) is 1. The van der Waals surface area contributed by atoms with Crippen molar-refractivity contribution >= 4 is 33.9 Å². The van der Waals surface area contributed by atoms with Crippen molar-refractivity contribution < 1.29 is 4.79 Å². The van der Waals surface area contributed by atoms with Crippen molar-refractivity contribution in [3.63, 3.8) is 0 Å². The number of carbonyl (C=O) groups is 1. The molecule has 1 atom stereocenters. The molecule has 106 valence electrons. The van der Waals surface area contributed by atoms with Crippen molar-refractivity contribution in [3.05, 3.63) is 45.4 Å². The van der Waals surface area contributed by atoms with E-state index in [1.54, 1.807) is 6.92 Å². The molecule has 0 aliphatic carbocycles. The highest BCUT2D eigenvalue weighted by atomic mass is 35.5. The molecule has 1 aromatic carbocycles. The fourth-order valence-corrected chi connectivity index (χ4v) is 3.12. The third-order valence-corrected chi connectivity index (χ3v) is 4.94. The number of halogens is 1. The van der Waals surface area contributed by atoms with Crippen molar-refractivity contribution in [1.29, 1.82) is 0 Å². The lowest BCUT2D eigenvalue weighted by Crippen LogP contribution is -2.21. The fraction of sp³-hybridized carbons (Fsp3) is 0.333. The molecule has 0 fully saturated rings. The minimum Gasteiger partial charge on any atom is -0.344 e. The van der Waals surface area contributed by atoms with Gasteiger partial charge in [-0.25, -0.2) is 4.98 Å². The van der Waals surface area contributed by atoms with E-state index in [0.717, 1.165) is 26.3 Å². The number of aromatic nitrogens is 1. The van der Waals surface area contributed by atoms with E-state index >= 15 is 0 Å². The number of nitrogens with zero attached hydrogens (tertiary/aromatic N) is 2. The van der Waals surface area contributed by atoms with Crippen LogP contribution in [-0.2, 0) is 0 Å². The van der Waals surface area contributed by atoms with E-state index in [1.165, 1.54) is 11.3 Å². The second-order valence-electron chi connectivity index (χ2n) is 4.81. The molecule has 0 spiro atoms. The quantitative estimate of drug-likeness (QED) is 0.779. The normalized spacial score (nSPS) is 12.2. The van der Waals surface area contributed by atoms with Crippen LogP contribution in [0.1, 0.15) is 40.8 Å². The lowest BCUT2D eigenvalue weighted by atomic mass is 10.1. The van der Waals surface area contributed by atoms with Gasteiger partial charge in [0.15, 0.2) is 10.9 Å². The monoisotopic (exact) mass is 308 g/mol. The molecule has 1 aromatic heterocycles. The summed E-state index contributed by atoms with van der Waals surface area (Å²) >= 11 is 7.35. The van der Waals surface area contributed by atoms with Gasteiger partial charge in [0.25, 0.3) is 0 Å². The van der Waals surface area contributed by atoms with Crippen LogP contribution in [0.4, 0.5) is 5.13 Å². The number of benzene rings is 1. The Morgan fingerprint density at radius 3 is 2.45 bits per heavy atom.